The third kappa shape index (κ3) is 4.31. The van der Waals surface area contributed by atoms with Crippen LogP contribution in [0.2, 0.25) is 0 Å². The third-order valence-corrected chi connectivity index (χ3v) is 5.48. The Morgan fingerprint density at radius 3 is 2.63 bits per heavy atom. The molecule has 0 atom stereocenters. The lowest BCUT2D eigenvalue weighted by molar-refractivity contribution is 0.101. The number of ketones is 1. The molecule has 4 rings (SSSR count). The molecule has 0 radical (unpaired) electrons. The molecule has 0 aliphatic heterocycles. The average Bonchev–Trinajstić information content (AvgIpc) is 3.43. The van der Waals surface area contributed by atoms with E-state index in [0.717, 1.165) is 28.4 Å². The van der Waals surface area contributed by atoms with E-state index in [1.54, 1.807) is 12.3 Å². The molecule has 0 spiro atoms. The number of nitrogens with one attached hydrogen (secondary N) is 1. The number of H-pyrrole nitrogens is 1. The summed E-state index contributed by atoms with van der Waals surface area (Å²) in [7, 11) is 0. The van der Waals surface area contributed by atoms with Gasteiger partial charge in [0, 0.05) is 17.4 Å². The van der Waals surface area contributed by atoms with Crippen molar-refractivity contribution < 1.29 is 9.53 Å². The Kier molecular flexibility index (Phi) is 5.99. The van der Waals surface area contributed by atoms with Crippen molar-refractivity contribution in [2.45, 2.75) is 19.0 Å². The average molecular weight is 419 g/mol. The first kappa shape index (κ1) is 20.0. The monoisotopic (exact) mass is 418 g/mol. The number of Topliss-reactive ketones (excluding diaryl/α,β-unsaturated/α-hetero) is 1. The van der Waals surface area contributed by atoms with Crippen LogP contribution < -0.4 is 4.74 Å². The van der Waals surface area contributed by atoms with Crippen molar-refractivity contribution in [2.24, 2.45) is 0 Å². The Balaban J connectivity index is 1.70. The highest BCUT2D eigenvalue weighted by Crippen LogP contribution is 2.29. The van der Waals surface area contributed by atoms with E-state index in [-0.39, 0.29) is 11.5 Å². The van der Waals surface area contributed by atoms with Crippen LogP contribution in [0.3, 0.4) is 0 Å². The topological polar surface area (TPSA) is 72.8 Å². The van der Waals surface area contributed by atoms with Gasteiger partial charge in [-0.25, -0.2) is 0 Å². The van der Waals surface area contributed by atoms with Gasteiger partial charge in [-0.05, 0) is 56.3 Å². The Morgan fingerprint density at radius 2 is 1.93 bits per heavy atom. The van der Waals surface area contributed by atoms with Gasteiger partial charge in [-0.15, -0.1) is 10.2 Å². The van der Waals surface area contributed by atoms with Crippen LogP contribution in [0.5, 0.6) is 5.75 Å². The number of rotatable bonds is 8. The van der Waals surface area contributed by atoms with Gasteiger partial charge in [-0.1, -0.05) is 35.5 Å². The molecule has 2 aromatic heterocycles. The molecule has 1 N–H and O–H groups in total. The summed E-state index contributed by atoms with van der Waals surface area (Å²) in [6, 6.07) is 19.5. The summed E-state index contributed by atoms with van der Waals surface area (Å²) in [5.74, 6) is 1.83. The second kappa shape index (κ2) is 9.00. The lowest BCUT2D eigenvalue weighted by Crippen LogP contribution is -2.05. The van der Waals surface area contributed by atoms with Crippen LogP contribution >= 0.6 is 11.8 Å². The largest absolute Gasteiger partial charge is 0.494 e. The number of hydrogen-bond donors (Lipinski definition) is 1. The predicted molar refractivity (Wildman–Crippen MR) is 119 cm³/mol. The van der Waals surface area contributed by atoms with E-state index in [1.807, 2.05) is 66.9 Å². The molecule has 152 valence electrons. The minimum atomic E-state index is 0.0170. The summed E-state index contributed by atoms with van der Waals surface area (Å²) >= 11 is 1.37. The van der Waals surface area contributed by atoms with Gasteiger partial charge in [0.05, 0.1) is 18.1 Å². The van der Waals surface area contributed by atoms with Gasteiger partial charge in [0.2, 0.25) is 0 Å². The van der Waals surface area contributed by atoms with Crippen molar-refractivity contribution in [2.75, 3.05) is 12.4 Å². The number of ether oxygens (including phenoxy) is 1. The van der Waals surface area contributed by atoms with Gasteiger partial charge < -0.3 is 9.72 Å². The fourth-order valence-electron chi connectivity index (χ4n) is 3.14. The van der Waals surface area contributed by atoms with E-state index in [9.17, 15) is 4.79 Å². The molecular weight excluding hydrogens is 396 g/mol. The van der Waals surface area contributed by atoms with Gasteiger partial charge in [-0.3, -0.25) is 9.36 Å². The SMILES string of the molecule is CCOc1ccc(-n2c(SCC(=O)c3ccc[nH]3)nnc2-c2cccc(C)c2)cc1. The van der Waals surface area contributed by atoms with E-state index in [4.69, 9.17) is 4.74 Å². The van der Waals surface area contributed by atoms with Crippen LogP contribution in [0.15, 0.2) is 72.0 Å². The molecule has 0 fully saturated rings. The van der Waals surface area contributed by atoms with Gasteiger partial charge >= 0.3 is 0 Å². The molecular formula is C23H22N4O2S. The van der Waals surface area contributed by atoms with Crippen LogP contribution in [0.4, 0.5) is 0 Å². The maximum Gasteiger partial charge on any atom is 0.196 e. The Morgan fingerprint density at radius 1 is 1.10 bits per heavy atom. The van der Waals surface area contributed by atoms with E-state index in [1.165, 1.54) is 11.8 Å². The summed E-state index contributed by atoms with van der Waals surface area (Å²) in [5.41, 5.74) is 3.62. The highest BCUT2D eigenvalue weighted by molar-refractivity contribution is 7.99. The molecule has 0 saturated carbocycles. The van der Waals surface area contributed by atoms with Crippen LogP contribution in [0, 0.1) is 6.92 Å². The molecule has 7 heteroatoms. The fourth-order valence-corrected chi connectivity index (χ4v) is 3.97. The van der Waals surface area contributed by atoms with Crippen molar-refractivity contribution in [3.63, 3.8) is 0 Å². The Labute approximate surface area is 179 Å². The standard InChI is InChI=1S/C23H22N4O2S/c1-3-29-19-11-9-18(10-12-19)27-22(17-7-4-6-16(2)14-17)25-26-23(27)30-15-21(28)20-8-5-13-24-20/h4-14,24H,3,15H2,1-2H3. The smallest absolute Gasteiger partial charge is 0.196 e. The van der Waals surface area contributed by atoms with Crippen molar-refractivity contribution in [1.29, 1.82) is 0 Å². The van der Waals surface area contributed by atoms with Gasteiger partial charge in [0.15, 0.2) is 16.8 Å². The molecule has 0 aliphatic rings. The normalized spacial score (nSPS) is 10.9. The van der Waals surface area contributed by atoms with Crippen molar-refractivity contribution >= 4 is 17.5 Å². The van der Waals surface area contributed by atoms with Gasteiger partial charge in [0.1, 0.15) is 5.75 Å². The number of carbonyl (C=O) groups is 1. The second-order valence-electron chi connectivity index (χ2n) is 6.73. The second-order valence-corrected chi connectivity index (χ2v) is 7.68. The van der Waals surface area contributed by atoms with E-state index in [0.29, 0.717) is 17.5 Å². The molecule has 0 aliphatic carbocycles. The van der Waals surface area contributed by atoms with Crippen LogP contribution in [0.1, 0.15) is 23.0 Å². The summed E-state index contributed by atoms with van der Waals surface area (Å²) in [6.07, 6.45) is 1.75. The number of hydrogen-bond acceptors (Lipinski definition) is 5. The third-order valence-electron chi connectivity index (χ3n) is 4.55. The first-order valence-corrected chi connectivity index (χ1v) is 10.7. The zero-order valence-electron chi connectivity index (χ0n) is 16.8. The maximum atomic E-state index is 12.4. The summed E-state index contributed by atoms with van der Waals surface area (Å²) in [5, 5.41) is 9.50. The lowest BCUT2D eigenvalue weighted by Gasteiger charge is -2.11. The van der Waals surface area contributed by atoms with Crippen LogP contribution in [0.25, 0.3) is 17.1 Å². The fraction of sp³-hybridized carbons (Fsp3) is 0.174. The van der Waals surface area contributed by atoms with Crippen molar-refractivity contribution in [3.05, 3.63) is 78.1 Å². The quantitative estimate of drug-likeness (QED) is 0.324. The van der Waals surface area contributed by atoms with Crippen molar-refractivity contribution in [1.82, 2.24) is 19.7 Å². The van der Waals surface area contributed by atoms with Crippen molar-refractivity contribution in [3.8, 4) is 22.8 Å². The lowest BCUT2D eigenvalue weighted by atomic mass is 10.1. The molecule has 6 nitrogen and oxygen atoms in total. The summed E-state index contributed by atoms with van der Waals surface area (Å²) in [4.78, 5) is 15.4. The number of aryl methyl sites for hydroxylation is 1. The number of aromatic amines is 1. The van der Waals surface area contributed by atoms with Crippen LogP contribution in [-0.2, 0) is 0 Å². The molecule has 30 heavy (non-hydrogen) atoms. The Bertz CT molecular complexity index is 1130. The maximum absolute atomic E-state index is 12.4. The molecule has 0 amide bonds. The zero-order chi connectivity index (χ0) is 20.9. The van der Waals surface area contributed by atoms with Crippen LogP contribution in [-0.4, -0.2) is 37.9 Å². The molecule has 0 saturated heterocycles. The van der Waals surface area contributed by atoms with E-state index in [2.05, 4.69) is 21.2 Å². The minimum Gasteiger partial charge on any atom is -0.494 e. The molecule has 0 unspecified atom stereocenters. The van der Waals surface area contributed by atoms with E-state index >= 15 is 0 Å². The number of nitrogens with zero attached hydrogens (tertiary/aromatic N) is 3. The molecule has 0 bridgehead atoms. The molecule has 4 aromatic rings. The molecule has 2 aromatic carbocycles. The first-order chi connectivity index (χ1) is 14.7. The van der Waals surface area contributed by atoms with E-state index < -0.39 is 0 Å². The highest BCUT2D eigenvalue weighted by atomic mass is 32.2. The predicted octanol–water partition coefficient (Wildman–Crippen LogP) is 4.94. The first-order valence-electron chi connectivity index (χ1n) is 9.71. The highest BCUT2D eigenvalue weighted by Gasteiger charge is 2.18. The Hall–Kier alpha value is -3.32. The summed E-state index contributed by atoms with van der Waals surface area (Å²) < 4.78 is 7.55. The van der Waals surface area contributed by atoms with Gasteiger partial charge in [0.25, 0.3) is 0 Å². The minimum absolute atomic E-state index is 0.0170. The van der Waals surface area contributed by atoms with Gasteiger partial charge in [-0.2, -0.15) is 0 Å². The summed E-state index contributed by atoms with van der Waals surface area (Å²) in [6.45, 7) is 4.62. The molecule has 2 heterocycles. The number of carbonyl (C=O) groups excluding carboxylic acids is 1. The zero-order valence-corrected chi connectivity index (χ0v) is 17.6. The number of thioether (sulfide) groups is 1. The number of benzene rings is 2. The number of aromatic nitrogens is 4.